The molecule has 0 radical (unpaired) electrons. The lowest BCUT2D eigenvalue weighted by Crippen LogP contribution is -2.57. The Morgan fingerprint density at radius 2 is 1.40 bits per heavy atom. The van der Waals surface area contributed by atoms with Crippen molar-refractivity contribution < 1.29 is 38.3 Å². The van der Waals surface area contributed by atoms with Crippen LogP contribution < -0.4 is 5.32 Å². The van der Waals surface area contributed by atoms with Crippen LogP contribution in [0.15, 0.2) is 72.8 Å². The summed E-state index contributed by atoms with van der Waals surface area (Å²) in [7, 11) is 0. The number of nitrogens with one attached hydrogen (secondary N) is 1. The molecular formula is C32H29N3O8. The Kier molecular flexibility index (Phi) is 6.97. The molecule has 1 aliphatic carbocycles. The molecule has 1 saturated heterocycles. The number of imide groups is 1. The van der Waals surface area contributed by atoms with E-state index in [1.54, 1.807) is 26.0 Å². The molecule has 3 aromatic carbocycles. The summed E-state index contributed by atoms with van der Waals surface area (Å²) in [5.41, 5.74) is 3.25. The van der Waals surface area contributed by atoms with Crippen LogP contribution in [-0.2, 0) is 23.9 Å². The minimum absolute atomic E-state index is 0.0638. The zero-order valence-corrected chi connectivity index (χ0v) is 23.7. The first-order valence-electron chi connectivity index (χ1n) is 13.9. The summed E-state index contributed by atoms with van der Waals surface area (Å²) < 4.78 is 11.3. The SMILES string of the molecule is C[C@H](NC(=O)OCC1c2ccccc2-c2ccccc21)C(=O)N1[C@H](C(=O)ON2C(=O)c3ccccc3C2=O)COC1(C)C. The molecule has 220 valence electrons. The van der Waals surface area contributed by atoms with Gasteiger partial charge in [-0.3, -0.25) is 19.3 Å². The van der Waals surface area contributed by atoms with Crippen molar-refractivity contribution in [1.29, 1.82) is 0 Å². The number of fused-ring (bicyclic) bond motifs is 4. The predicted molar refractivity (Wildman–Crippen MR) is 151 cm³/mol. The highest BCUT2D eigenvalue weighted by molar-refractivity contribution is 6.21. The molecule has 2 atom stereocenters. The lowest BCUT2D eigenvalue weighted by molar-refractivity contribution is -0.177. The summed E-state index contributed by atoms with van der Waals surface area (Å²) in [6.45, 7) is 4.46. The molecule has 1 N–H and O–H groups in total. The van der Waals surface area contributed by atoms with Gasteiger partial charge in [0.1, 0.15) is 18.4 Å². The summed E-state index contributed by atoms with van der Waals surface area (Å²) >= 11 is 0. The van der Waals surface area contributed by atoms with Crippen LogP contribution in [0.25, 0.3) is 11.1 Å². The maximum Gasteiger partial charge on any atom is 0.407 e. The van der Waals surface area contributed by atoms with Crippen molar-refractivity contribution in [2.24, 2.45) is 0 Å². The van der Waals surface area contributed by atoms with E-state index < -0.39 is 47.6 Å². The minimum atomic E-state index is -1.28. The molecule has 0 unspecified atom stereocenters. The largest absolute Gasteiger partial charge is 0.449 e. The first kappa shape index (κ1) is 28.1. The first-order chi connectivity index (χ1) is 20.6. The second kappa shape index (κ2) is 10.7. The lowest BCUT2D eigenvalue weighted by atomic mass is 9.98. The minimum Gasteiger partial charge on any atom is -0.449 e. The quantitative estimate of drug-likeness (QED) is 0.436. The van der Waals surface area contributed by atoms with Gasteiger partial charge in [0, 0.05) is 5.92 Å². The van der Waals surface area contributed by atoms with Crippen LogP contribution in [-0.4, -0.2) is 70.8 Å². The Morgan fingerprint density at radius 1 is 0.884 bits per heavy atom. The number of ether oxygens (including phenoxy) is 2. The average molecular weight is 584 g/mol. The molecule has 11 nitrogen and oxygen atoms in total. The summed E-state index contributed by atoms with van der Waals surface area (Å²) in [5, 5.41) is 2.93. The standard InChI is InChI=1S/C32H29N3O8/c1-18(33-31(40)41-16-25-21-12-6-4-10-19(21)20-11-5-7-13-22(20)25)27(36)34-26(17-42-32(34,2)3)30(39)43-35-28(37)23-14-8-9-15-24(23)29(35)38/h4-15,18,25-26H,16-17H2,1-3H3,(H,33,40)/t18-,26-/m0/s1. The smallest absolute Gasteiger partial charge is 0.407 e. The highest BCUT2D eigenvalue weighted by Crippen LogP contribution is 2.44. The van der Waals surface area contributed by atoms with Gasteiger partial charge < -0.3 is 19.6 Å². The fourth-order valence-corrected chi connectivity index (χ4v) is 5.88. The number of hydrogen-bond acceptors (Lipinski definition) is 8. The fourth-order valence-electron chi connectivity index (χ4n) is 5.88. The number of nitrogens with zero attached hydrogens (tertiary/aromatic N) is 2. The number of alkyl carbamates (subject to hydrolysis) is 1. The number of rotatable bonds is 6. The second-order valence-corrected chi connectivity index (χ2v) is 11.0. The Bertz CT molecular complexity index is 1590. The van der Waals surface area contributed by atoms with E-state index in [0.29, 0.717) is 5.06 Å². The first-order valence-corrected chi connectivity index (χ1v) is 13.9. The van der Waals surface area contributed by atoms with Crippen LogP contribution in [0.3, 0.4) is 0 Å². The van der Waals surface area contributed by atoms with Gasteiger partial charge in [-0.1, -0.05) is 65.7 Å². The molecule has 3 aliphatic rings. The molecular weight excluding hydrogens is 554 g/mol. The molecule has 0 spiro atoms. The summed E-state index contributed by atoms with van der Waals surface area (Å²) in [6.07, 6.45) is -0.800. The molecule has 0 saturated carbocycles. The van der Waals surface area contributed by atoms with Gasteiger partial charge in [-0.25, -0.2) is 9.59 Å². The third kappa shape index (κ3) is 4.81. The number of hydroxylamine groups is 2. The third-order valence-electron chi connectivity index (χ3n) is 7.98. The molecule has 6 rings (SSSR count). The van der Waals surface area contributed by atoms with Crippen LogP contribution in [0, 0.1) is 0 Å². The topological polar surface area (TPSA) is 132 Å². The van der Waals surface area contributed by atoms with Gasteiger partial charge in [0.2, 0.25) is 5.91 Å². The van der Waals surface area contributed by atoms with Crippen molar-refractivity contribution in [2.75, 3.05) is 13.2 Å². The fraction of sp³-hybridized carbons (Fsp3) is 0.281. The summed E-state index contributed by atoms with van der Waals surface area (Å²) in [6, 6.07) is 19.6. The Morgan fingerprint density at radius 3 is 1.95 bits per heavy atom. The number of carbonyl (C=O) groups is 5. The second-order valence-electron chi connectivity index (χ2n) is 11.0. The predicted octanol–water partition coefficient (Wildman–Crippen LogP) is 3.63. The average Bonchev–Trinajstić information content (AvgIpc) is 3.58. The van der Waals surface area contributed by atoms with E-state index in [1.807, 2.05) is 48.5 Å². The summed E-state index contributed by atoms with van der Waals surface area (Å²) in [4.78, 5) is 71.3. The molecule has 2 heterocycles. The van der Waals surface area contributed by atoms with E-state index in [1.165, 1.54) is 19.1 Å². The summed E-state index contributed by atoms with van der Waals surface area (Å²) in [5.74, 6) is -3.39. The molecule has 1 fully saturated rings. The van der Waals surface area contributed by atoms with Crippen LogP contribution in [0.4, 0.5) is 4.79 Å². The van der Waals surface area contributed by atoms with Crippen molar-refractivity contribution in [3.63, 3.8) is 0 Å². The molecule has 43 heavy (non-hydrogen) atoms. The molecule has 11 heteroatoms. The monoisotopic (exact) mass is 583 g/mol. The maximum atomic E-state index is 13.6. The molecule has 3 aromatic rings. The van der Waals surface area contributed by atoms with Gasteiger partial charge in [-0.15, -0.1) is 0 Å². The number of carbonyl (C=O) groups excluding carboxylic acids is 5. The normalized spacial score (nSPS) is 19.0. The van der Waals surface area contributed by atoms with E-state index in [4.69, 9.17) is 14.3 Å². The third-order valence-corrected chi connectivity index (χ3v) is 7.98. The van der Waals surface area contributed by atoms with Crippen molar-refractivity contribution in [2.45, 2.75) is 44.5 Å². The van der Waals surface area contributed by atoms with Crippen molar-refractivity contribution >= 4 is 29.8 Å². The highest BCUT2D eigenvalue weighted by atomic mass is 16.7. The lowest BCUT2D eigenvalue weighted by Gasteiger charge is -2.34. The van der Waals surface area contributed by atoms with Gasteiger partial charge in [-0.2, -0.15) is 0 Å². The van der Waals surface area contributed by atoms with Crippen LogP contribution in [0.5, 0.6) is 0 Å². The van der Waals surface area contributed by atoms with Crippen LogP contribution in [0.2, 0.25) is 0 Å². The Hall–Kier alpha value is -5.03. The van der Waals surface area contributed by atoms with Crippen molar-refractivity contribution in [3.8, 4) is 11.1 Å². The van der Waals surface area contributed by atoms with Gasteiger partial charge >= 0.3 is 12.1 Å². The van der Waals surface area contributed by atoms with Gasteiger partial charge in [-0.05, 0) is 55.2 Å². The zero-order valence-electron chi connectivity index (χ0n) is 23.7. The van der Waals surface area contributed by atoms with E-state index in [0.717, 1.165) is 27.2 Å². The van der Waals surface area contributed by atoms with Crippen molar-refractivity contribution in [1.82, 2.24) is 15.3 Å². The highest BCUT2D eigenvalue weighted by Gasteiger charge is 2.51. The van der Waals surface area contributed by atoms with Gasteiger partial charge in [0.25, 0.3) is 11.8 Å². The maximum absolute atomic E-state index is 13.6. The van der Waals surface area contributed by atoms with Crippen LogP contribution >= 0.6 is 0 Å². The Labute approximate surface area is 247 Å². The molecule has 2 aliphatic heterocycles. The van der Waals surface area contributed by atoms with E-state index in [2.05, 4.69) is 5.32 Å². The van der Waals surface area contributed by atoms with Crippen molar-refractivity contribution in [3.05, 3.63) is 95.1 Å². The number of benzene rings is 3. The van der Waals surface area contributed by atoms with E-state index in [-0.39, 0.29) is 30.3 Å². The molecule has 0 aromatic heterocycles. The van der Waals surface area contributed by atoms with E-state index in [9.17, 15) is 24.0 Å². The molecule has 0 bridgehead atoms. The van der Waals surface area contributed by atoms with Gasteiger partial charge in [0.05, 0.1) is 17.7 Å². The number of amides is 4. The molecule has 4 amide bonds. The van der Waals surface area contributed by atoms with Gasteiger partial charge in [0.15, 0.2) is 6.04 Å². The number of hydrogen-bond donors (Lipinski definition) is 1. The van der Waals surface area contributed by atoms with Crippen LogP contribution in [0.1, 0.15) is 58.5 Å². The Balaban J connectivity index is 1.10. The zero-order chi connectivity index (χ0) is 30.5. The van der Waals surface area contributed by atoms with E-state index >= 15 is 0 Å².